The first-order chi connectivity index (χ1) is 13.1. The molecular weight excluding hydrogens is 352 g/mol. The zero-order chi connectivity index (χ0) is 18.8. The number of fused-ring (bicyclic) bond motifs is 1. The molecule has 1 saturated heterocycles. The van der Waals surface area contributed by atoms with Crippen molar-refractivity contribution < 1.29 is 33.3 Å². The van der Waals surface area contributed by atoms with Gasteiger partial charge in [0.2, 0.25) is 0 Å². The molecule has 0 radical (unpaired) electrons. The number of carbonyl (C=O) groups excluding carboxylic acids is 2. The monoisotopic (exact) mass is 378 g/mol. The van der Waals surface area contributed by atoms with Crippen LogP contribution in [-0.4, -0.2) is 35.4 Å². The van der Waals surface area contributed by atoms with Crippen LogP contribution in [0.1, 0.15) is 56.5 Å². The third kappa shape index (κ3) is 4.71. The Morgan fingerprint density at radius 2 is 1.59 bits per heavy atom. The standard InChI is InChI=1S/C20H26O7/c21-14-3-1-2-12(8-14)19(22)24-10-15-5-6-16(26-15)11-25-20(23)13-4-7-17-18(9-13)27-17/h5-6,12-14,17-18,21H,1-4,7-11H2. The van der Waals surface area contributed by atoms with E-state index in [9.17, 15) is 14.7 Å². The van der Waals surface area contributed by atoms with Crippen molar-refractivity contribution in [2.24, 2.45) is 11.8 Å². The molecule has 3 aliphatic rings. The summed E-state index contributed by atoms with van der Waals surface area (Å²) >= 11 is 0. The Hall–Kier alpha value is -1.86. The largest absolute Gasteiger partial charge is 0.459 e. The second-order valence-electron chi connectivity index (χ2n) is 7.82. The lowest BCUT2D eigenvalue weighted by Crippen LogP contribution is -2.27. The fraction of sp³-hybridized carbons (Fsp3) is 0.700. The van der Waals surface area contributed by atoms with Gasteiger partial charge in [-0.2, -0.15) is 0 Å². The molecule has 27 heavy (non-hydrogen) atoms. The number of aliphatic hydroxyl groups excluding tert-OH is 1. The average molecular weight is 378 g/mol. The maximum atomic E-state index is 12.1. The maximum absolute atomic E-state index is 12.1. The van der Waals surface area contributed by atoms with Crippen LogP contribution >= 0.6 is 0 Å². The molecule has 148 valence electrons. The van der Waals surface area contributed by atoms with Gasteiger partial charge in [-0.05, 0) is 50.7 Å². The molecule has 1 aromatic heterocycles. The van der Waals surface area contributed by atoms with E-state index in [1.54, 1.807) is 12.1 Å². The lowest BCUT2D eigenvalue weighted by molar-refractivity contribution is -0.153. The van der Waals surface area contributed by atoms with E-state index >= 15 is 0 Å². The fourth-order valence-corrected chi connectivity index (χ4v) is 4.09. The molecule has 0 spiro atoms. The van der Waals surface area contributed by atoms with Crippen molar-refractivity contribution in [1.82, 2.24) is 0 Å². The SMILES string of the molecule is O=C(OCc1ccc(COC(=O)C2CCC3OC3C2)o1)C1CCCC(O)C1. The molecule has 0 amide bonds. The van der Waals surface area contributed by atoms with Crippen molar-refractivity contribution in [3.8, 4) is 0 Å². The number of esters is 2. The van der Waals surface area contributed by atoms with Crippen LogP contribution in [0.25, 0.3) is 0 Å². The highest BCUT2D eigenvalue weighted by molar-refractivity contribution is 5.73. The van der Waals surface area contributed by atoms with Crippen LogP contribution in [0.3, 0.4) is 0 Å². The summed E-state index contributed by atoms with van der Waals surface area (Å²) in [6, 6.07) is 3.44. The maximum Gasteiger partial charge on any atom is 0.309 e. The summed E-state index contributed by atoms with van der Waals surface area (Å²) in [5, 5.41) is 9.66. The molecule has 4 rings (SSSR count). The van der Waals surface area contributed by atoms with E-state index in [2.05, 4.69) is 0 Å². The summed E-state index contributed by atoms with van der Waals surface area (Å²) in [7, 11) is 0. The third-order valence-electron chi connectivity index (χ3n) is 5.75. The average Bonchev–Trinajstić information content (AvgIpc) is 3.32. The van der Waals surface area contributed by atoms with Crippen LogP contribution in [-0.2, 0) is 37.0 Å². The van der Waals surface area contributed by atoms with E-state index in [-0.39, 0.29) is 43.1 Å². The first kappa shape index (κ1) is 18.5. The topological polar surface area (TPSA) is 98.5 Å². The van der Waals surface area contributed by atoms with Crippen molar-refractivity contribution in [1.29, 1.82) is 0 Å². The molecule has 5 unspecified atom stereocenters. The molecular formula is C20H26O7. The molecule has 7 nitrogen and oxygen atoms in total. The lowest BCUT2D eigenvalue weighted by Gasteiger charge is -2.23. The van der Waals surface area contributed by atoms with Crippen LogP contribution in [0.4, 0.5) is 0 Å². The van der Waals surface area contributed by atoms with E-state index in [1.807, 2.05) is 0 Å². The summed E-state index contributed by atoms with van der Waals surface area (Å²) in [6.45, 7) is 0.120. The molecule has 3 fully saturated rings. The van der Waals surface area contributed by atoms with Crippen molar-refractivity contribution >= 4 is 11.9 Å². The highest BCUT2D eigenvalue weighted by Gasteiger charge is 2.46. The van der Waals surface area contributed by atoms with Crippen LogP contribution in [0.15, 0.2) is 16.5 Å². The minimum absolute atomic E-state index is 0.0441. The number of rotatable bonds is 6. The van der Waals surface area contributed by atoms with Gasteiger partial charge in [-0.1, -0.05) is 6.42 Å². The highest BCUT2D eigenvalue weighted by atomic mass is 16.6. The first-order valence-electron chi connectivity index (χ1n) is 9.83. The van der Waals surface area contributed by atoms with Crippen LogP contribution < -0.4 is 0 Å². The van der Waals surface area contributed by atoms with Gasteiger partial charge in [0.1, 0.15) is 24.7 Å². The molecule has 7 heteroatoms. The van der Waals surface area contributed by atoms with Gasteiger partial charge in [-0.25, -0.2) is 0 Å². The zero-order valence-corrected chi connectivity index (χ0v) is 15.3. The van der Waals surface area contributed by atoms with Gasteiger partial charge in [0.15, 0.2) is 0 Å². The first-order valence-corrected chi connectivity index (χ1v) is 9.83. The quantitative estimate of drug-likeness (QED) is 0.600. The number of furan rings is 1. The molecule has 1 aliphatic heterocycles. The van der Waals surface area contributed by atoms with E-state index in [0.717, 1.165) is 38.5 Å². The Labute approximate surface area is 158 Å². The van der Waals surface area contributed by atoms with E-state index in [1.165, 1.54) is 0 Å². The third-order valence-corrected chi connectivity index (χ3v) is 5.75. The van der Waals surface area contributed by atoms with Gasteiger partial charge in [-0.3, -0.25) is 9.59 Å². The predicted molar refractivity (Wildman–Crippen MR) is 92.3 cm³/mol. The Balaban J connectivity index is 1.19. The summed E-state index contributed by atoms with van der Waals surface area (Å²) in [6.07, 6.45) is 5.49. The summed E-state index contributed by atoms with van der Waals surface area (Å²) < 4.78 is 21.7. The number of hydrogen-bond donors (Lipinski definition) is 1. The van der Waals surface area contributed by atoms with Gasteiger partial charge in [-0.15, -0.1) is 0 Å². The second-order valence-corrected chi connectivity index (χ2v) is 7.82. The van der Waals surface area contributed by atoms with E-state index < -0.39 is 6.10 Å². The van der Waals surface area contributed by atoms with Crippen LogP contribution in [0.5, 0.6) is 0 Å². The van der Waals surface area contributed by atoms with Crippen molar-refractivity contribution in [3.05, 3.63) is 23.7 Å². The smallest absolute Gasteiger partial charge is 0.309 e. The number of hydrogen-bond acceptors (Lipinski definition) is 7. The Kier molecular flexibility index (Phi) is 5.50. The molecule has 2 heterocycles. The molecule has 2 saturated carbocycles. The highest BCUT2D eigenvalue weighted by Crippen LogP contribution is 2.39. The normalized spacial score (nSPS) is 32.4. The van der Waals surface area contributed by atoms with Gasteiger partial charge < -0.3 is 23.7 Å². The molecule has 2 aliphatic carbocycles. The van der Waals surface area contributed by atoms with Gasteiger partial charge >= 0.3 is 11.9 Å². The number of ether oxygens (including phenoxy) is 3. The number of carbonyl (C=O) groups is 2. The number of aliphatic hydroxyl groups is 1. The molecule has 0 bridgehead atoms. The van der Waals surface area contributed by atoms with Crippen molar-refractivity contribution in [3.63, 3.8) is 0 Å². The summed E-state index contributed by atoms with van der Waals surface area (Å²) in [4.78, 5) is 24.2. The lowest BCUT2D eigenvalue weighted by atomic mass is 9.87. The van der Waals surface area contributed by atoms with Crippen molar-refractivity contribution in [2.75, 3.05) is 0 Å². The number of epoxide rings is 1. The van der Waals surface area contributed by atoms with Crippen LogP contribution in [0, 0.1) is 11.8 Å². The van der Waals surface area contributed by atoms with Crippen LogP contribution in [0.2, 0.25) is 0 Å². The molecule has 1 N–H and O–H groups in total. The van der Waals surface area contributed by atoms with E-state index in [0.29, 0.717) is 24.0 Å². The van der Waals surface area contributed by atoms with E-state index in [4.69, 9.17) is 18.6 Å². The summed E-state index contributed by atoms with van der Waals surface area (Å²) in [5.74, 6) is 0.210. The van der Waals surface area contributed by atoms with Gasteiger partial charge in [0.25, 0.3) is 0 Å². The minimum atomic E-state index is -0.414. The predicted octanol–water partition coefficient (Wildman–Crippen LogP) is 2.48. The minimum Gasteiger partial charge on any atom is -0.459 e. The Bertz CT molecular complexity index is 645. The fourth-order valence-electron chi connectivity index (χ4n) is 4.09. The van der Waals surface area contributed by atoms with Gasteiger partial charge in [0.05, 0.1) is 30.1 Å². The zero-order valence-electron chi connectivity index (χ0n) is 15.3. The molecule has 1 aromatic rings. The Morgan fingerprint density at radius 1 is 0.926 bits per heavy atom. The molecule has 0 aromatic carbocycles. The second kappa shape index (κ2) is 8.02. The van der Waals surface area contributed by atoms with Crippen molar-refractivity contribution in [2.45, 2.75) is 76.5 Å². The molecule has 5 atom stereocenters. The Morgan fingerprint density at radius 3 is 2.22 bits per heavy atom. The van der Waals surface area contributed by atoms with Gasteiger partial charge in [0, 0.05) is 0 Å². The summed E-state index contributed by atoms with van der Waals surface area (Å²) in [5.41, 5.74) is 0.